The summed E-state index contributed by atoms with van der Waals surface area (Å²) < 4.78 is 29.6. The fourth-order valence-electron chi connectivity index (χ4n) is 2.34. The molecule has 0 spiro atoms. The van der Waals surface area contributed by atoms with E-state index in [4.69, 9.17) is 11.6 Å². The van der Waals surface area contributed by atoms with Crippen LogP contribution in [0.2, 0.25) is 5.02 Å². The monoisotopic (exact) mass is 553 g/mol. The predicted octanol–water partition coefficient (Wildman–Crippen LogP) is 3.96. The number of benzene rings is 1. The molecule has 2 aromatic rings. The van der Waals surface area contributed by atoms with Gasteiger partial charge in [0.2, 0.25) is 5.91 Å². The number of rotatable bonds is 8. The number of halogens is 4. The number of aryl methyl sites for hydroxylation is 1. The first-order valence-corrected chi connectivity index (χ1v) is 9.15. The van der Waals surface area contributed by atoms with Gasteiger partial charge in [-0.25, -0.2) is 4.98 Å². The van der Waals surface area contributed by atoms with E-state index in [2.05, 4.69) is 30.7 Å². The molecular weight excluding hydrogens is 531 g/mol. The van der Waals surface area contributed by atoms with Crippen LogP contribution >= 0.6 is 35.6 Å². The Morgan fingerprint density at radius 3 is 2.67 bits per heavy atom. The van der Waals surface area contributed by atoms with Gasteiger partial charge in [-0.15, -0.1) is 24.0 Å². The molecule has 0 saturated heterocycles. The van der Waals surface area contributed by atoms with Crippen molar-refractivity contribution in [2.24, 2.45) is 4.99 Å². The van der Waals surface area contributed by atoms with Crippen LogP contribution < -0.4 is 20.7 Å². The Hall–Kier alpha value is -2.21. The number of guanidine groups is 1. The summed E-state index contributed by atoms with van der Waals surface area (Å²) in [5.74, 6) is 0.703. The van der Waals surface area contributed by atoms with Gasteiger partial charge in [0.1, 0.15) is 11.6 Å². The molecule has 30 heavy (non-hydrogen) atoms. The lowest BCUT2D eigenvalue weighted by Crippen LogP contribution is -2.38. The fourth-order valence-corrected chi connectivity index (χ4v) is 2.53. The molecule has 0 aliphatic rings. The van der Waals surface area contributed by atoms with Crippen LogP contribution in [0.1, 0.15) is 17.5 Å². The summed E-state index contributed by atoms with van der Waals surface area (Å²) in [6.07, 6.45) is 1.86. The normalized spacial score (nSPS) is 10.9. The van der Waals surface area contributed by atoms with Crippen molar-refractivity contribution in [2.45, 2.75) is 26.5 Å². The molecule has 0 fully saturated rings. The van der Waals surface area contributed by atoms with Crippen LogP contribution in [0.3, 0.4) is 0 Å². The zero-order valence-electron chi connectivity index (χ0n) is 16.4. The average molecular weight is 554 g/mol. The van der Waals surface area contributed by atoms with Gasteiger partial charge < -0.3 is 20.7 Å². The first-order valence-electron chi connectivity index (χ1n) is 8.77. The van der Waals surface area contributed by atoms with E-state index >= 15 is 0 Å². The molecule has 2 rings (SSSR count). The van der Waals surface area contributed by atoms with Gasteiger partial charge in [-0.3, -0.25) is 9.79 Å². The van der Waals surface area contributed by atoms with E-state index in [9.17, 15) is 13.6 Å². The van der Waals surface area contributed by atoms with E-state index in [1.54, 1.807) is 19.3 Å². The molecular formula is C19H23ClF2IN5O2. The van der Waals surface area contributed by atoms with Gasteiger partial charge in [-0.2, -0.15) is 8.78 Å². The van der Waals surface area contributed by atoms with Gasteiger partial charge in [0.25, 0.3) is 0 Å². The summed E-state index contributed by atoms with van der Waals surface area (Å²) in [7, 11) is 1.56. The number of amides is 1. The number of carbonyl (C=O) groups excluding carboxylic acids is 1. The highest BCUT2D eigenvalue weighted by Gasteiger charge is 2.11. The van der Waals surface area contributed by atoms with Crippen LogP contribution in [-0.2, 0) is 11.3 Å². The summed E-state index contributed by atoms with van der Waals surface area (Å²) in [6, 6.07) is 7.96. The van der Waals surface area contributed by atoms with E-state index < -0.39 is 6.61 Å². The van der Waals surface area contributed by atoms with Crippen molar-refractivity contribution >= 4 is 53.3 Å². The smallest absolute Gasteiger partial charge is 0.387 e. The van der Waals surface area contributed by atoms with Crippen LogP contribution in [0.15, 0.2) is 41.5 Å². The van der Waals surface area contributed by atoms with Crippen LogP contribution in [0.4, 0.5) is 14.6 Å². The summed E-state index contributed by atoms with van der Waals surface area (Å²) in [4.78, 5) is 20.1. The second-order valence-electron chi connectivity index (χ2n) is 6.00. The van der Waals surface area contributed by atoms with Gasteiger partial charge in [0.15, 0.2) is 5.96 Å². The number of hydrogen-bond donors (Lipinski definition) is 3. The molecule has 0 aliphatic carbocycles. The van der Waals surface area contributed by atoms with Crippen LogP contribution in [0, 0.1) is 6.92 Å². The fraction of sp³-hybridized carbons (Fsp3) is 0.316. The lowest BCUT2D eigenvalue weighted by atomic mass is 10.2. The second-order valence-corrected chi connectivity index (χ2v) is 6.44. The van der Waals surface area contributed by atoms with E-state index in [-0.39, 0.29) is 48.6 Å². The number of nitrogens with zero attached hydrogens (tertiary/aromatic N) is 2. The molecule has 0 bridgehead atoms. The maximum absolute atomic E-state index is 12.5. The van der Waals surface area contributed by atoms with E-state index in [1.807, 2.05) is 13.0 Å². The van der Waals surface area contributed by atoms with Crippen LogP contribution in [-0.4, -0.2) is 37.1 Å². The first kappa shape index (κ1) is 25.8. The van der Waals surface area contributed by atoms with Gasteiger partial charge in [-0.1, -0.05) is 17.7 Å². The third kappa shape index (κ3) is 9.08. The zero-order chi connectivity index (χ0) is 21.2. The molecule has 1 amide bonds. The van der Waals surface area contributed by atoms with Gasteiger partial charge in [0.05, 0.1) is 0 Å². The van der Waals surface area contributed by atoms with Crippen molar-refractivity contribution in [1.29, 1.82) is 0 Å². The Kier molecular flexibility index (Phi) is 11.3. The Balaban J connectivity index is 0.00000450. The summed E-state index contributed by atoms with van der Waals surface area (Å²) in [5, 5.41) is 9.04. The molecule has 3 N–H and O–H groups in total. The number of aromatic nitrogens is 1. The molecule has 0 saturated carbocycles. The number of aliphatic imine (C=N–C) groups is 1. The minimum absolute atomic E-state index is 0. The molecule has 1 aromatic carbocycles. The van der Waals surface area contributed by atoms with E-state index in [1.165, 1.54) is 18.2 Å². The molecule has 0 atom stereocenters. The third-order valence-electron chi connectivity index (χ3n) is 3.73. The van der Waals surface area contributed by atoms with E-state index in [0.29, 0.717) is 28.9 Å². The molecule has 11 heteroatoms. The van der Waals surface area contributed by atoms with Crippen molar-refractivity contribution in [3.63, 3.8) is 0 Å². The molecule has 1 heterocycles. The number of carbonyl (C=O) groups is 1. The lowest BCUT2D eigenvalue weighted by Gasteiger charge is -2.15. The predicted molar refractivity (Wildman–Crippen MR) is 124 cm³/mol. The van der Waals surface area contributed by atoms with Gasteiger partial charge in [-0.05, 0) is 36.8 Å². The van der Waals surface area contributed by atoms with Crippen molar-refractivity contribution in [1.82, 2.24) is 15.6 Å². The minimum atomic E-state index is -2.94. The molecule has 7 nitrogen and oxygen atoms in total. The molecule has 0 aliphatic heterocycles. The lowest BCUT2D eigenvalue weighted by molar-refractivity contribution is -0.116. The molecule has 1 aromatic heterocycles. The number of ether oxygens (including phenoxy) is 1. The maximum Gasteiger partial charge on any atom is 0.387 e. The summed E-state index contributed by atoms with van der Waals surface area (Å²) in [5.41, 5.74) is 1.45. The van der Waals surface area contributed by atoms with Crippen LogP contribution in [0.25, 0.3) is 0 Å². The number of anilines is 1. The SMILES string of the molecule is CN=C(NCCC(=O)Nc1ccc(C)cn1)NCc1cc(Cl)ccc1OC(F)F.I. The van der Waals surface area contributed by atoms with Crippen molar-refractivity contribution in [3.8, 4) is 5.75 Å². The maximum atomic E-state index is 12.5. The number of hydrogen-bond acceptors (Lipinski definition) is 4. The highest BCUT2D eigenvalue weighted by Crippen LogP contribution is 2.24. The first-order chi connectivity index (χ1) is 13.9. The molecule has 0 radical (unpaired) electrons. The minimum Gasteiger partial charge on any atom is -0.434 e. The van der Waals surface area contributed by atoms with Crippen molar-refractivity contribution in [3.05, 3.63) is 52.7 Å². The standard InChI is InChI=1S/C19H22ClF2N5O2.HI/c1-12-3-6-16(25-10-12)27-17(28)7-8-24-19(23-2)26-11-13-9-14(20)4-5-15(13)29-18(21)22;/h3-6,9-10,18H,7-8,11H2,1-2H3,(H2,23,24,26)(H,25,27,28);1H. The highest BCUT2D eigenvalue weighted by atomic mass is 127. The van der Waals surface area contributed by atoms with Crippen LogP contribution in [0.5, 0.6) is 5.75 Å². The highest BCUT2D eigenvalue weighted by molar-refractivity contribution is 14.0. The molecule has 0 unspecified atom stereocenters. The third-order valence-corrected chi connectivity index (χ3v) is 3.97. The van der Waals surface area contributed by atoms with Crippen molar-refractivity contribution < 1.29 is 18.3 Å². The number of pyridine rings is 1. The number of alkyl halides is 2. The summed E-state index contributed by atoms with van der Waals surface area (Å²) >= 11 is 5.93. The molecule has 164 valence electrons. The van der Waals surface area contributed by atoms with E-state index in [0.717, 1.165) is 5.56 Å². The number of nitrogens with one attached hydrogen (secondary N) is 3. The Bertz CT molecular complexity index is 853. The average Bonchev–Trinajstić information content (AvgIpc) is 2.68. The second kappa shape index (κ2) is 13.2. The Morgan fingerprint density at radius 2 is 2.03 bits per heavy atom. The zero-order valence-corrected chi connectivity index (χ0v) is 19.5. The van der Waals surface area contributed by atoms with Crippen molar-refractivity contribution in [2.75, 3.05) is 18.9 Å². The topological polar surface area (TPSA) is 87.6 Å². The Morgan fingerprint density at radius 1 is 1.27 bits per heavy atom. The van der Waals surface area contributed by atoms with Gasteiger partial charge in [0, 0.05) is 43.3 Å². The van der Waals surface area contributed by atoms with Gasteiger partial charge >= 0.3 is 6.61 Å². The summed E-state index contributed by atoms with van der Waals surface area (Å²) in [6.45, 7) is -0.559. The largest absolute Gasteiger partial charge is 0.434 e. The Labute approximate surface area is 195 Å². The quantitative estimate of drug-likeness (QED) is 0.262.